The third-order valence-corrected chi connectivity index (χ3v) is 4.79. The lowest BCUT2D eigenvalue weighted by molar-refractivity contribution is -0.126. The van der Waals surface area contributed by atoms with E-state index in [0.29, 0.717) is 13.2 Å². The summed E-state index contributed by atoms with van der Waals surface area (Å²) in [6.07, 6.45) is 1.16. The minimum atomic E-state index is -3.23. The maximum Gasteiger partial charge on any atom is 0.246 e. The fourth-order valence-electron chi connectivity index (χ4n) is 2.27. The highest BCUT2D eigenvalue weighted by molar-refractivity contribution is 7.90. The van der Waals surface area contributed by atoms with Gasteiger partial charge in [-0.3, -0.25) is 4.79 Å². The van der Waals surface area contributed by atoms with Crippen LogP contribution < -0.4 is 10.1 Å². The number of amides is 1. The zero-order valence-electron chi connectivity index (χ0n) is 14.8. The van der Waals surface area contributed by atoms with Crippen molar-refractivity contribution in [3.05, 3.63) is 60.2 Å². The molecule has 1 atom stereocenters. The molecule has 0 fully saturated rings. The van der Waals surface area contributed by atoms with Crippen LogP contribution in [0.2, 0.25) is 0 Å². The van der Waals surface area contributed by atoms with Gasteiger partial charge in [0.2, 0.25) is 5.91 Å². The minimum Gasteiger partial charge on any atom is -0.491 e. The summed E-state index contributed by atoms with van der Waals surface area (Å²) in [6.45, 7) is 2.43. The van der Waals surface area contributed by atoms with E-state index >= 15 is 0 Å². The molecule has 0 heterocycles. The predicted molar refractivity (Wildman–Crippen MR) is 98.9 cm³/mol. The second kappa shape index (κ2) is 9.35. The molecule has 7 heteroatoms. The number of hydrogen-bond acceptors (Lipinski definition) is 5. The Kier molecular flexibility index (Phi) is 7.17. The number of hydrogen-bond donors (Lipinski definition) is 1. The van der Waals surface area contributed by atoms with E-state index in [-0.39, 0.29) is 23.5 Å². The molecule has 0 unspecified atom stereocenters. The Morgan fingerprint density at radius 3 is 2.31 bits per heavy atom. The van der Waals surface area contributed by atoms with Gasteiger partial charge in [-0.2, -0.15) is 0 Å². The summed E-state index contributed by atoms with van der Waals surface area (Å²) >= 11 is 0. The molecule has 0 aliphatic heterocycles. The number of carbonyl (C=O) groups excluding carboxylic acids is 1. The van der Waals surface area contributed by atoms with E-state index in [2.05, 4.69) is 5.32 Å². The van der Waals surface area contributed by atoms with Crippen molar-refractivity contribution in [3.8, 4) is 5.75 Å². The number of benzene rings is 2. The predicted octanol–water partition coefficient (Wildman–Crippen LogP) is 2.36. The van der Waals surface area contributed by atoms with Gasteiger partial charge in [-0.05, 0) is 36.8 Å². The number of sulfone groups is 1. The summed E-state index contributed by atoms with van der Waals surface area (Å²) in [4.78, 5) is 12.2. The van der Waals surface area contributed by atoms with E-state index < -0.39 is 9.84 Å². The van der Waals surface area contributed by atoms with Crippen molar-refractivity contribution in [2.45, 2.75) is 17.9 Å². The Bertz CT molecular complexity index is 804. The summed E-state index contributed by atoms with van der Waals surface area (Å²) < 4.78 is 33.7. The van der Waals surface area contributed by atoms with E-state index in [1.54, 1.807) is 12.1 Å². The molecule has 0 saturated heterocycles. The lowest BCUT2D eigenvalue weighted by Crippen LogP contribution is -2.30. The Morgan fingerprint density at radius 1 is 1.04 bits per heavy atom. The van der Waals surface area contributed by atoms with Crippen LogP contribution in [-0.4, -0.2) is 40.4 Å². The highest BCUT2D eigenvalue weighted by Crippen LogP contribution is 2.16. The normalized spacial score (nSPS) is 12.4. The van der Waals surface area contributed by atoms with Crippen LogP contribution in [0.1, 0.15) is 18.5 Å². The molecule has 6 nitrogen and oxygen atoms in total. The zero-order chi connectivity index (χ0) is 19.0. The highest BCUT2D eigenvalue weighted by Gasteiger charge is 2.12. The molecule has 0 aliphatic rings. The van der Waals surface area contributed by atoms with Gasteiger partial charge in [0.1, 0.15) is 19.0 Å². The maximum atomic E-state index is 11.9. The van der Waals surface area contributed by atoms with Gasteiger partial charge in [0.05, 0.1) is 17.5 Å². The quantitative estimate of drug-likeness (QED) is 0.679. The summed E-state index contributed by atoms with van der Waals surface area (Å²) in [5.74, 6) is 0.510. The first-order chi connectivity index (χ1) is 12.4. The second-order valence-electron chi connectivity index (χ2n) is 5.84. The van der Waals surface area contributed by atoms with Crippen molar-refractivity contribution in [1.29, 1.82) is 0 Å². The molecule has 0 saturated carbocycles. The standard InChI is InChI=1S/C19H23NO5S/c1-15(16-8-10-18(11-9-16)26(2,22)23)20-19(21)14-24-12-13-25-17-6-4-3-5-7-17/h3-11,15H,12-14H2,1-2H3,(H,20,21)/t15-/m1/s1. The first-order valence-corrected chi connectivity index (χ1v) is 10.1. The van der Waals surface area contributed by atoms with Crippen LogP contribution in [0.25, 0.3) is 0 Å². The van der Waals surface area contributed by atoms with Crippen LogP contribution in [0.4, 0.5) is 0 Å². The molecule has 0 aromatic heterocycles. The summed E-state index contributed by atoms with van der Waals surface area (Å²) in [7, 11) is -3.23. The number of carbonyl (C=O) groups is 1. The summed E-state index contributed by atoms with van der Waals surface area (Å²) in [5.41, 5.74) is 0.818. The van der Waals surface area contributed by atoms with E-state index in [0.717, 1.165) is 17.6 Å². The molecule has 2 rings (SSSR count). The Balaban J connectivity index is 1.70. The first kappa shape index (κ1) is 19.9. The van der Waals surface area contributed by atoms with Gasteiger partial charge >= 0.3 is 0 Å². The van der Waals surface area contributed by atoms with E-state index in [9.17, 15) is 13.2 Å². The van der Waals surface area contributed by atoms with Gasteiger partial charge in [-0.15, -0.1) is 0 Å². The molecule has 0 spiro atoms. The molecule has 0 bridgehead atoms. The van der Waals surface area contributed by atoms with Crippen molar-refractivity contribution < 1.29 is 22.7 Å². The van der Waals surface area contributed by atoms with Gasteiger partial charge < -0.3 is 14.8 Å². The fourth-order valence-corrected chi connectivity index (χ4v) is 2.90. The largest absolute Gasteiger partial charge is 0.491 e. The number of rotatable bonds is 9. The average molecular weight is 377 g/mol. The molecule has 0 aliphatic carbocycles. The Hall–Kier alpha value is -2.38. The van der Waals surface area contributed by atoms with Crippen molar-refractivity contribution >= 4 is 15.7 Å². The van der Waals surface area contributed by atoms with Gasteiger partial charge in [0, 0.05) is 6.26 Å². The van der Waals surface area contributed by atoms with Crippen LogP contribution in [0.3, 0.4) is 0 Å². The van der Waals surface area contributed by atoms with Crippen molar-refractivity contribution in [3.63, 3.8) is 0 Å². The second-order valence-corrected chi connectivity index (χ2v) is 7.86. The highest BCUT2D eigenvalue weighted by atomic mass is 32.2. The number of ether oxygens (including phenoxy) is 2. The van der Waals surface area contributed by atoms with Crippen LogP contribution in [-0.2, 0) is 19.4 Å². The van der Waals surface area contributed by atoms with Gasteiger partial charge in [0.25, 0.3) is 0 Å². The molecule has 0 radical (unpaired) electrons. The maximum absolute atomic E-state index is 11.9. The van der Waals surface area contributed by atoms with Crippen LogP contribution in [0.15, 0.2) is 59.5 Å². The SMILES string of the molecule is C[C@@H](NC(=O)COCCOc1ccccc1)c1ccc(S(C)(=O)=O)cc1. The van der Waals surface area contributed by atoms with E-state index in [4.69, 9.17) is 9.47 Å². The van der Waals surface area contributed by atoms with Crippen molar-refractivity contribution in [1.82, 2.24) is 5.32 Å². The molecule has 1 N–H and O–H groups in total. The Labute approximate surface area is 154 Å². The third-order valence-electron chi connectivity index (χ3n) is 3.66. The van der Waals surface area contributed by atoms with Crippen LogP contribution in [0, 0.1) is 0 Å². The molecule has 26 heavy (non-hydrogen) atoms. The van der Waals surface area contributed by atoms with Crippen LogP contribution >= 0.6 is 0 Å². The molecule has 2 aromatic carbocycles. The third kappa shape index (κ3) is 6.50. The van der Waals surface area contributed by atoms with Crippen LogP contribution in [0.5, 0.6) is 5.75 Å². The van der Waals surface area contributed by atoms with Gasteiger partial charge in [-0.1, -0.05) is 30.3 Å². The smallest absolute Gasteiger partial charge is 0.246 e. The Morgan fingerprint density at radius 2 is 1.69 bits per heavy atom. The summed E-state index contributed by atoms with van der Waals surface area (Å²) in [6, 6.07) is 15.6. The lowest BCUT2D eigenvalue weighted by Gasteiger charge is -2.15. The van der Waals surface area contributed by atoms with Crippen molar-refractivity contribution in [2.75, 3.05) is 26.1 Å². The van der Waals surface area contributed by atoms with Crippen molar-refractivity contribution in [2.24, 2.45) is 0 Å². The number of nitrogens with one attached hydrogen (secondary N) is 1. The molecule has 1 amide bonds. The molecule has 140 valence electrons. The average Bonchev–Trinajstić information content (AvgIpc) is 2.61. The van der Waals surface area contributed by atoms with Gasteiger partial charge in [-0.25, -0.2) is 8.42 Å². The topological polar surface area (TPSA) is 81.7 Å². The van der Waals surface area contributed by atoms with E-state index in [1.165, 1.54) is 12.1 Å². The summed E-state index contributed by atoms with van der Waals surface area (Å²) in [5, 5.41) is 2.81. The molecular weight excluding hydrogens is 354 g/mol. The minimum absolute atomic E-state index is 0.0656. The molecule has 2 aromatic rings. The zero-order valence-corrected chi connectivity index (χ0v) is 15.7. The van der Waals surface area contributed by atoms with Gasteiger partial charge in [0.15, 0.2) is 9.84 Å². The molecular formula is C19H23NO5S. The fraction of sp³-hybridized carbons (Fsp3) is 0.316. The number of para-hydroxylation sites is 1. The first-order valence-electron chi connectivity index (χ1n) is 8.21. The van der Waals surface area contributed by atoms with E-state index in [1.807, 2.05) is 37.3 Å². The monoisotopic (exact) mass is 377 g/mol. The lowest BCUT2D eigenvalue weighted by atomic mass is 10.1.